The van der Waals surface area contributed by atoms with Crippen molar-refractivity contribution >= 4 is 11.6 Å². The minimum atomic E-state index is -4.52. The molecule has 1 aromatic carbocycles. The Hall–Kier alpha value is -2.32. The van der Waals surface area contributed by atoms with Gasteiger partial charge in [0.25, 0.3) is 5.91 Å². The van der Waals surface area contributed by atoms with Gasteiger partial charge in [-0.1, -0.05) is 6.07 Å². The fraction of sp³-hybridized carbons (Fsp3) is 0.364. The predicted octanol–water partition coefficient (Wildman–Crippen LogP) is 1.96. The normalized spacial score (nSPS) is 11.0. The monoisotopic (exact) mass is 292 g/mol. The van der Waals surface area contributed by atoms with Crippen molar-refractivity contribution in [2.45, 2.75) is 13.1 Å². The number of nitro benzene ring substituents is 1. The predicted molar refractivity (Wildman–Crippen MR) is 62.4 cm³/mol. The molecule has 0 heterocycles. The molecule has 0 aliphatic rings. The highest BCUT2D eigenvalue weighted by Crippen LogP contribution is 2.27. The third kappa shape index (κ3) is 5.12. The maximum absolute atomic E-state index is 11.8. The number of hydrogen-bond donors (Lipinski definition) is 1. The van der Waals surface area contributed by atoms with Crippen molar-refractivity contribution in [1.29, 1.82) is 0 Å². The highest BCUT2D eigenvalue weighted by atomic mass is 19.4. The zero-order valence-corrected chi connectivity index (χ0v) is 10.4. The number of hydrogen-bond acceptors (Lipinski definition) is 4. The molecule has 0 atom stereocenters. The molecule has 0 radical (unpaired) electrons. The van der Waals surface area contributed by atoms with Crippen molar-refractivity contribution in [1.82, 2.24) is 5.32 Å². The number of nitrogens with one attached hydrogen (secondary N) is 1. The first kappa shape index (κ1) is 15.7. The van der Waals surface area contributed by atoms with Gasteiger partial charge in [-0.25, -0.2) is 0 Å². The number of benzene rings is 1. The second kappa shape index (κ2) is 6.22. The molecule has 1 aromatic rings. The maximum atomic E-state index is 11.8. The van der Waals surface area contributed by atoms with Crippen LogP contribution >= 0.6 is 0 Å². The quantitative estimate of drug-likeness (QED) is 0.664. The summed E-state index contributed by atoms with van der Waals surface area (Å²) in [5.74, 6) is -1.19. The van der Waals surface area contributed by atoms with E-state index >= 15 is 0 Å². The van der Waals surface area contributed by atoms with E-state index in [-0.39, 0.29) is 11.4 Å². The number of amides is 1. The zero-order chi connectivity index (χ0) is 15.3. The number of nitrogens with zero attached hydrogens (tertiary/aromatic N) is 1. The Morgan fingerprint density at radius 3 is 2.65 bits per heavy atom. The van der Waals surface area contributed by atoms with E-state index in [0.29, 0.717) is 5.56 Å². The summed E-state index contributed by atoms with van der Waals surface area (Å²) in [6.07, 6.45) is -4.52. The van der Waals surface area contributed by atoms with E-state index in [1.54, 1.807) is 12.2 Å². The molecule has 0 fully saturated rings. The SMILES string of the molecule is Cc1ccc(OCC(=O)NCC(F)(F)F)c([N+](=O)[O-])c1. The molecular formula is C11H11F3N2O4. The smallest absolute Gasteiger partial charge is 0.405 e. The van der Waals surface area contributed by atoms with Crippen LogP contribution in [0, 0.1) is 17.0 Å². The number of halogens is 3. The Morgan fingerprint density at radius 2 is 2.10 bits per heavy atom. The molecule has 0 spiro atoms. The number of carbonyl (C=O) groups excluding carboxylic acids is 1. The molecule has 1 rings (SSSR count). The van der Waals surface area contributed by atoms with Crippen LogP contribution in [0.5, 0.6) is 5.75 Å². The summed E-state index contributed by atoms with van der Waals surface area (Å²) in [6.45, 7) is -0.585. The second-order valence-electron chi connectivity index (χ2n) is 3.91. The zero-order valence-electron chi connectivity index (χ0n) is 10.4. The number of alkyl halides is 3. The lowest BCUT2D eigenvalue weighted by Gasteiger charge is -2.09. The summed E-state index contributed by atoms with van der Waals surface area (Å²) < 4.78 is 40.4. The van der Waals surface area contributed by atoms with E-state index in [1.165, 1.54) is 18.2 Å². The van der Waals surface area contributed by atoms with Gasteiger partial charge in [-0.15, -0.1) is 0 Å². The maximum Gasteiger partial charge on any atom is 0.405 e. The van der Waals surface area contributed by atoms with Crippen LogP contribution in [0.4, 0.5) is 18.9 Å². The van der Waals surface area contributed by atoms with E-state index in [2.05, 4.69) is 0 Å². The minimum Gasteiger partial charge on any atom is -0.477 e. The summed E-state index contributed by atoms with van der Waals surface area (Å²) in [5.41, 5.74) is 0.263. The Bertz CT molecular complexity index is 517. The highest BCUT2D eigenvalue weighted by molar-refractivity contribution is 5.77. The average Bonchev–Trinajstić information content (AvgIpc) is 2.33. The lowest BCUT2D eigenvalue weighted by atomic mass is 10.2. The van der Waals surface area contributed by atoms with Crippen molar-refractivity contribution in [3.63, 3.8) is 0 Å². The minimum absolute atomic E-state index is 0.178. The summed E-state index contributed by atoms with van der Waals surface area (Å²) >= 11 is 0. The number of carbonyl (C=O) groups is 1. The first-order valence-electron chi connectivity index (χ1n) is 5.40. The molecule has 0 saturated heterocycles. The van der Waals surface area contributed by atoms with Gasteiger partial charge in [0.1, 0.15) is 6.54 Å². The molecule has 9 heteroatoms. The van der Waals surface area contributed by atoms with Gasteiger partial charge in [-0.3, -0.25) is 14.9 Å². The van der Waals surface area contributed by atoms with E-state index < -0.39 is 30.2 Å². The molecule has 1 amide bonds. The van der Waals surface area contributed by atoms with Crippen LogP contribution in [0.1, 0.15) is 5.56 Å². The van der Waals surface area contributed by atoms with E-state index in [0.717, 1.165) is 0 Å². The van der Waals surface area contributed by atoms with Crippen molar-refractivity contribution in [2.75, 3.05) is 13.2 Å². The van der Waals surface area contributed by atoms with Crippen LogP contribution in [0.25, 0.3) is 0 Å². The Labute approximate surface area is 111 Å². The van der Waals surface area contributed by atoms with Gasteiger partial charge in [0, 0.05) is 6.07 Å². The third-order valence-electron chi connectivity index (χ3n) is 2.16. The summed E-state index contributed by atoms with van der Waals surface area (Å²) in [7, 11) is 0. The topological polar surface area (TPSA) is 81.5 Å². The molecular weight excluding hydrogens is 281 g/mol. The standard InChI is InChI=1S/C11H11F3N2O4/c1-7-2-3-9(8(4-7)16(18)19)20-5-10(17)15-6-11(12,13)14/h2-4H,5-6H2,1H3,(H,15,17). The molecule has 1 N–H and O–H groups in total. The van der Waals surface area contributed by atoms with Crippen LogP contribution in [0.15, 0.2) is 18.2 Å². The van der Waals surface area contributed by atoms with Crippen LogP contribution in [0.3, 0.4) is 0 Å². The second-order valence-corrected chi connectivity index (χ2v) is 3.91. The summed E-state index contributed by atoms with van der Waals surface area (Å²) in [5, 5.41) is 12.3. The first-order valence-corrected chi connectivity index (χ1v) is 5.40. The molecule has 6 nitrogen and oxygen atoms in total. The number of rotatable bonds is 5. The molecule has 0 aliphatic heterocycles. The van der Waals surface area contributed by atoms with E-state index in [1.807, 2.05) is 0 Å². The van der Waals surface area contributed by atoms with Crippen LogP contribution in [0.2, 0.25) is 0 Å². The third-order valence-corrected chi connectivity index (χ3v) is 2.16. The highest BCUT2D eigenvalue weighted by Gasteiger charge is 2.27. The van der Waals surface area contributed by atoms with Gasteiger partial charge in [0.15, 0.2) is 12.4 Å². The van der Waals surface area contributed by atoms with Crippen molar-refractivity contribution in [3.05, 3.63) is 33.9 Å². The summed E-state index contributed by atoms with van der Waals surface area (Å²) in [6, 6.07) is 4.05. The lowest BCUT2D eigenvalue weighted by molar-refractivity contribution is -0.385. The van der Waals surface area contributed by atoms with E-state index in [4.69, 9.17) is 4.74 Å². The fourth-order valence-electron chi connectivity index (χ4n) is 1.29. The van der Waals surface area contributed by atoms with Gasteiger partial charge in [0.2, 0.25) is 0 Å². The molecule has 0 bridgehead atoms. The number of aryl methyl sites for hydroxylation is 1. The van der Waals surface area contributed by atoms with Crippen molar-refractivity contribution < 1.29 is 27.6 Å². The largest absolute Gasteiger partial charge is 0.477 e. The molecule has 0 aromatic heterocycles. The van der Waals surface area contributed by atoms with Crippen molar-refractivity contribution in [3.8, 4) is 5.75 Å². The van der Waals surface area contributed by atoms with Crippen LogP contribution in [-0.2, 0) is 4.79 Å². The summed E-state index contributed by atoms with van der Waals surface area (Å²) in [4.78, 5) is 21.2. The van der Waals surface area contributed by atoms with Gasteiger partial charge < -0.3 is 10.1 Å². The fourth-order valence-corrected chi connectivity index (χ4v) is 1.29. The molecule has 0 unspecified atom stereocenters. The molecule has 110 valence electrons. The molecule has 0 aliphatic carbocycles. The molecule has 20 heavy (non-hydrogen) atoms. The van der Waals surface area contributed by atoms with E-state index in [9.17, 15) is 28.1 Å². The Morgan fingerprint density at radius 1 is 1.45 bits per heavy atom. The number of nitro groups is 1. The van der Waals surface area contributed by atoms with Crippen molar-refractivity contribution in [2.24, 2.45) is 0 Å². The molecule has 0 saturated carbocycles. The lowest BCUT2D eigenvalue weighted by Crippen LogP contribution is -2.36. The van der Waals surface area contributed by atoms with Crippen LogP contribution < -0.4 is 10.1 Å². The van der Waals surface area contributed by atoms with Gasteiger partial charge in [-0.2, -0.15) is 13.2 Å². The Kier molecular flexibility index (Phi) is 4.89. The Balaban J connectivity index is 2.62. The average molecular weight is 292 g/mol. The van der Waals surface area contributed by atoms with Gasteiger partial charge in [0.05, 0.1) is 4.92 Å². The number of ether oxygens (including phenoxy) is 1. The van der Waals surface area contributed by atoms with Crippen LogP contribution in [-0.4, -0.2) is 30.2 Å². The van der Waals surface area contributed by atoms with Gasteiger partial charge >= 0.3 is 11.9 Å². The van der Waals surface area contributed by atoms with Gasteiger partial charge in [-0.05, 0) is 18.6 Å². The first-order chi connectivity index (χ1) is 9.19.